The molecule has 1 N–H and O–H groups in total. The van der Waals surface area contributed by atoms with Gasteiger partial charge in [-0.15, -0.1) is 12.3 Å². The monoisotopic (exact) mass is 174 g/mol. The highest BCUT2D eigenvalue weighted by Gasteiger charge is 2.15. The Labute approximate surface area is 78.7 Å². The molecular formula is C11H14N2. The maximum atomic E-state index is 5.23. The molecular weight excluding hydrogens is 160 g/mol. The summed E-state index contributed by atoms with van der Waals surface area (Å²) in [5.74, 6) is 2.66. The predicted octanol–water partition coefficient (Wildman–Crippen LogP) is 1.85. The van der Waals surface area contributed by atoms with Crippen molar-refractivity contribution < 1.29 is 0 Å². The van der Waals surface area contributed by atoms with E-state index in [1.807, 2.05) is 0 Å². The molecule has 13 heavy (non-hydrogen) atoms. The number of aryl methyl sites for hydroxylation is 2. The molecule has 1 aromatic rings. The molecule has 2 nitrogen and oxygen atoms in total. The van der Waals surface area contributed by atoms with Gasteiger partial charge in [-0.3, -0.25) is 5.10 Å². The minimum Gasteiger partial charge on any atom is -0.282 e. The molecule has 2 rings (SSSR count). The smallest absolute Gasteiger partial charge is 0.0666 e. The van der Waals surface area contributed by atoms with Crippen LogP contribution in [0.25, 0.3) is 0 Å². The van der Waals surface area contributed by atoms with Gasteiger partial charge in [-0.25, -0.2) is 0 Å². The first kappa shape index (κ1) is 8.37. The molecule has 68 valence electrons. The normalized spacial score (nSPS) is 15.0. The van der Waals surface area contributed by atoms with Crippen molar-refractivity contribution in [2.75, 3.05) is 0 Å². The third-order valence-corrected chi connectivity index (χ3v) is 2.65. The summed E-state index contributed by atoms with van der Waals surface area (Å²) in [5.41, 5.74) is 3.99. The highest BCUT2D eigenvalue weighted by molar-refractivity contribution is 5.28. The zero-order chi connectivity index (χ0) is 9.10. The van der Waals surface area contributed by atoms with Crippen LogP contribution in [0, 0.1) is 12.3 Å². The van der Waals surface area contributed by atoms with Crippen molar-refractivity contribution in [3.05, 3.63) is 17.0 Å². The van der Waals surface area contributed by atoms with Gasteiger partial charge in [0.25, 0.3) is 0 Å². The van der Waals surface area contributed by atoms with Gasteiger partial charge < -0.3 is 0 Å². The Morgan fingerprint density at radius 3 is 3.08 bits per heavy atom. The lowest BCUT2D eigenvalue weighted by atomic mass is 9.95. The van der Waals surface area contributed by atoms with Crippen molar-refractivity contribution in [3.63, 3.8) is 0 Å². The fraction of sp³-hybridized carbons (Fsp3) is 0.545. The SMILES string of the molecule is C#CCCc1n[nH]c2c1CCCC2. The van der Waals surface area contributed by atoms with Gasteiger partial charge in [-0.2, -0.15) is 5.10 Å². The van der Waals surface area contributed by atoms with Crippen molar-refractivity contribution in [1.29, 1.82) is 0 Å². The van der Waals surface area contributed by atoms with Crippen LogP contribution in [-0.4, -0.2) is 10.2 Å². The maximum absolute atomic E-state index is 5.23. The average molecular weight is 174 g/mol. The fourth-order valence-corrected chi connectivity index (χ4v) is 1.95. The van der Waals surface area contributed by atoms with Crippen LogP contribution < -0.4 is 0 Å². The molecule has 0 aliphatic heterocycles. The number of rotatable bonds is 2. The first-order chi connectivity index (χ1) is 6.42. The van der Waals surface area contributed by atoms with E-state index < -0.39 is 0 Å². The number of terminal acetylenes is 1. The Hall–Kier alpha value is -1.23. The molecule has 0 amide bonds. The summed E-state index contributed by atoms with van der Waals surface area (Å²) in [7, 11) is 0. The van der Waals surface area contributed by atoms with E-state index in [9.17, 15) is 0 Å². The first-order valence-electron chi connectivity index (χ1n) is 4.90. The van der Waals surface area contributed by atoms with Gasteiger partial charge >= 0.3 is 0 Å². The van der Waals surface area contributed by atoms with E-state index in [0.29, 0.717) is 0 Å². The summed E-state index contributed by atoms with van der Waals surface area (Å²) < 4.78 is 0. The van der Waals surface area contributed by atoms with E-state index in [1.165, 1.54) is 42.6 Å². The fourth-order valence-electron chi connectivity index (χ4n) is 1.95. The van der Waals surface area contributed by atoms with Crippen molar-refractivity contribution >= 4 is 0 Å². The second kappa shape index (κ2) is 3.66. The number of aromatic nitrogens is 2. The van der Waals surface area contributed by atoms with Crippen molar-refractivity contribution in [1.82, 2.24) is 10.2 Å². The summed E-state index contributed by atoms with van der Waals surface area (Å²) in [6.45, 7) is 0. The second-order valence-corrected chi connectivity index (χ2v) is 3.54. The van der Waals surface area contributed by atoms with Gasteiger partial charge in [0.1, 0.15) is 0 Å². The second-order valence-electron chi connectivity index (χ2n) is 3.54. The van der Waals surface area contributed by atoms with Crippen LogP contribution in [0.2, 0.25) is 0 Å². The molecule has 2 heteroatoms. The van der Waals surface area contributed by atoms with E-state index in [2.05, 4.69) is 16.1 Å². The standard InChI is InChI=1S/C11H14N2/c1-2-3-7-10-9-6-4-5-8-11(9)13-12-10/h1H,3-8H2,(H,12,13). The number of hydrogen-bond acceptors (Lipinski definition) is 1. The van der Waals surface area contributed by atoms with Gasteiger partial charge in [0.15, 0.2) is 0 Å². The van der Waals surface area contributed by atoms with E-state index in [0.717, 1.165) is 12.8 Å². The zero-order valence-corrected chi connectivity index (χ0v) is 7.77. The molecule has 1 aliphatic rings. The van der Waals surface area contributed by atoms with Crippen molar-refractivity contribution in [2.24, 2.45) is 0 Å². The highest BCUT2D eigenvalue weighted by atomic mass is 15.1. The lowest BCUT2D eigenvalue weighted by molar-refractivity contribution is 0.672. The zero-order valence-electron chi connectivity index (χ0n) is 7.77. The minimum absolute atomic E-state index is 0.803. The van der Waals surface area contributed by atoms with Crippen LogP contribution in [0.5, 0.6) is 0 Å². The molecule has 0 aromatic carbocycles. The first-order valence-corrected chi connectivity index (χ1v) is 4.90. The minimum atomic E-state index is 0.803. The van der Waals surface area contributed by atoms with E-state index in [-0.39, 0.29) is 0 Å². The molecule has 0 saturated heterocycles. The van der Waals surface area contributed by atoms with Gasteiger partial charge in [-0.05, 0) is 31.2 Å². The van der Waals surface area contributed by atoms with E-state index >= 15 is 0 Å². The molecule has 1 heterocycles. The van der Waals surface area contributed by atoms with Crippen LogP contribution >= 0.6 is 0 Å². The van der Waals surface area contributed by atoms with E-state index in [4.69, 9.17) is 6.42 Å². The van der Waals surface area contributed by atoms with Gasteiger partial charge in [0, 0.05) is 18.5 Å². The number of aromatic amines is 1. The van der Waals surface area contributed by atoms with Crippen LogP contribution in [0.4, 0.5) is 0 Å². The quantitative estimate of drug-likeness (QED) is 0.681. The predicted molar refractivity (Wildman–Crippen MR) is 52.4 cm³/mol. The number of nitrogens with zero attached hydrogens (tertiary/aromatic N) is 1. The molecule has 1 aromatic heterocycles. The highest BCUT2D eigenvalue weighted by Crippen LogP contribution is 2.22. The van der Waals surface area contributed by atoms with Crippen LogP contribution in [0.1, 0.15) is 36.2 Å². The summed E-state index contributed by atoms with van der Waals surface area (Å²) in [6, 6.07) is 0. The summed E-state index contributed by atoms with van der Waals surface area (Å²) in [6.07, 6.45) is 11.9. The maximum Gasteiger partial charge on any atom is 0.0666 e. The lowest BCUT2D eigenvalue weighted by Gasteiger charge is -2.10. The Balaban J connectivity index is 2.18. The van der Waals surface area contributed by atoms with Crippen LogP contribution in [-0.2, 0) is 19.3 Å². The summed E-state index contributed by atoms with van der Waals surface area (Å²) in [5, 5.41) is 7.43. The molecule has 0 bridgehead atoms. The molecule has 0 atom stereocenters. The topological polar surface area (TPSA) is 28.7 Å². The lowest BCUT2D eigenvalue weighted by Crippen LogP contribution is -2.02. The van der Waals surface area contributed by atoms with Crippen LogP contribution in [0.15, 0.2) is 0 Å². The van der Waals surface area contributed by atoms with Crippen molar-refractivity contribution in [2.45, 2.75) is 38.5 Å². The largest absolute Gasteiger partial charge is 0.282 e. The molecule has 1 aliphatic carbocycles. The number of H-pyrrole nitrogens is 1. The molecule has 0 saturated carbocycles. The average Bonchev–Trinajstić information content (AvgIpc) is 2.58. The number of hydrogen-bond donors (Lipinski definition) is 1. The number of fused-ring (bicyclic) bond motifs is 1. The van der Waals surface area contributed by atoms with Crippen molar-refractivity contribution in [3.8, 4) is 12.3 Å². The third-order valence-electron chi connectivity index (χ3n) is 2.65. The van der Waals surface area contributed by atoms with Gasteiger partial charge in [-0.1, -0.05) is 0 Å². The third kappa shape index (κ3) is 1.60. The Morgan fingerprint density at radius 2 is 2.23 bits per heavy atom. The molecule has 0 spiro atoms. The summed E-state index contributed by atoms with van der Waals surface area (Å²) >= 11 is 0. The van der Waals surface area contributed by atoms with Gasteiger partial charge in [0.05, 0.1) is 5.69 Å². The van der Waals surface area contributed by atoms with Gasteiger partial charge in [0.2, 0.25) is 0 Å². The van der Waals surface area contributed by atoms with E-state index in [1.54, 1.807) is 0 Å². The Morgan fingerprint density at radius 1 is 1.38 bits per heavy atom. The molecule has 0 unspecified atom stereocenters. The van der Waals surface area contributed by atoms with Crippen LogP contribution in [0.3, 0.4) is 0 Å². The molecule has 0 radical (unpaired) electrons. The Bertz CT molecular complexity index is 330. The number of nitrogens with one attached hydrogen (secondary N) is 1. The Kier molecular flexibility index (Phi) is 2.35. The summed E-state index contributed by atoms with van der Waals surface area (Å²) in [4.78, 5) is 0. The molecule has 0 fully saturated rings.